The molecule has 0 spiro atoms. The summed E-state index contributed by atoms with van der Waals surface area (Å²) in [5.41, 5.74) is 1.50. The van der Waals surface area contributed by atoms with Gasteiger partial charge in [0.15, 0.2) is 23.8 Å². The van der Waals surface area contributed by atoms with Crippen LogP contribution in [0.1, 0.15) is 32.3 Å². The maximum atomic E-state index is 14.1. The molecular weight excluding hydrogens is 452 g/mol. The van der Waals surface area contributed by atoms with E-state index in [0.717, 1.165) is 5.57 Å². The number of rotatable bonds is 7. The van der Waals surface area contributed by atoms with Crippen molar-refractivity contribution >= 4 is 19.7 Å². The molecule has 170 valence electrons. The number of benzene rings is 3. The van der Waals surface area contributed by atoms with Crippen LogP contribution in [0.25, 0.3) is 0 Å². The van der Waals surface area contributed by atoms with E-state index in [4.69, 9.17) is 0 Å². The van der Waals surface area contributed by atoms with Crippen LogP contribution in [0, 0.1) is 11.8 Å². The van der Waals surface area contributed by atoms with Crippen LogP contribution >= 0.6 is 0 Å². The molecule has 0 aliphatic heterocycles. The van der Waals surface area contributed by atoms with Gasteiger partial charge in [0.25, 0.3) is 0 Å². The molecule has 0 aliphatic carbocycles. The molecule has 0 atom stereocenters. The van der Waals surface area contributed by atoms with Crippen molar-refractivity contribution in [3.05, 3.63) is 108 Å². The second-order valence-electron chi connectivity index (χ2n) is 7.87. The third-order valence-electron chi connectivity index (χ3n) is 5.27. The maximum Gasteiger partial charge on any atom is 0.200 e. The zero-order valence-electron chi connectivity index (χ0n) is 18.6. The molecule has 0 radical (unpaired) electrons. The van der Waals surface area contributed by atoms with Gasteiger partial charge in [0.1, 0.15) is 0 Å². The highest BCUT2D eigenvalue weighted by Crippen LogP contribution is 2.41. The molecular formula is C27H26O4S2. The van der Waals surface area contributed by atoms with Gasteiger partial charge < -0.3 is 0 Å². The van der Waals surface area contributed by atoms with E-state index < -0.39 is 23.8 Å². The molecule has 3 aromatic rings. The minimum atomic E-state index is -4.35. The van der Waals surface area contributed by atoms with E-state index in [0.29, 0.717) is 5.56 Å². The Balaban J connectivity index is 2.30. The zero-order valence-corrected chi connectivity index (χ0v) is 20.2. The fourth-order valence-corrected chi connectivity index (χ4v) is 8.17. The smallest absolute Gasteiger partial charge is 0.200 e. The Labute approximate surface area is 196 Å². The van der Waals surface area contributed by atoms with Gasteiger partial charge in [-0.1, -0.05) is 78.1 Å². The van der Waals surface area contributed by atoms with E-state index in [1.807, 2.05) is 32.0 Å². The summed E-state index contributed by atoms with van der Waals surface area (Å²) in [7, 11) is -8.71. The predicted octanol–water partition coefficient (Wildman–Crippen LogP) is 5.43. The first-order chi connectivity index (χ1) is 15.7. The van der Waals surface area contributed by atoms with Crippen molar-refractivity contribution in [1.82, 2.24) is 0 Å². The Morgan fingerprint density at radius 2 is 1.15 bits per heavy atom. The quantitative estimate of drug-likeness (QED) is 0.335. The van der Waals surface area contributed by atoms with Crippen molar-refractivity contribution in [1.29, 1.82) is 0 Å². The number of hydrogen-bond acceptors (Lipinski definition) is 4. The molecule has 0 bridgehead atoms. The van der Waals surface area contributed by atoms with Crippen LogP contribution in [0.5, 0.6) is 0 Å². The standard InChI is InChI=1S/C27H26O4S2/c1-23(2)20-22-27(21-12-15-24-13-6-3-7-14-24,32(28,29)25-16-8-4-9-17-25)33(30,31)26-18-10-5-11-19-26/h3-11,13-14,16-20H,21-22H2,1-2H3. The molecule has 0 fully saturated rings. The van der Waals surface area contributed by atoms with Gasteiger partial charge in [0, 0.05) is 18.4 Å². The SMILES string of the molecule is CC(C)=CCC(CC#Cc1ccccc1)(S(=O)(=O)c1ccccc1)S(=O)(=O)c1ccccc1. The lowest BCUT2D eigenvalue weighted by Crippen LogP contribution is -2.46. The highest BCUT2D eigenvalue weighted by molar-refractivity contribution is 8.10. The molecule has 33 heavy (non-hydrogen) atoms. The molecule has 0 unspecified atom stereocenters. The Hall–Kier alpha value is -3.14. The van der Waals surface area contributed by atoms with Crippen LogP contribution in [0.3, 0.4) is 0 Å². The highest BCUT2D eigenvalue weighted by atomic mass is 32.3. The predicted molar refractivity (Wildman–Crippen MR) is 132 cm³/mol. The van der Waals surface area contributed by atoms with Gasteiger partial charge in [0.05, 0.1) is 9.79 Å². The fraction of sp³-hybridized carbons (Fsp3) is 0.185. The lowest BCUT2D eigenvalue weighted by Gasteiger charge is -2.31. The topological polar surface area (TPSA) is 68.3 Å². The Morgan fingerprint density at radius 1 is 0.727 bits per heavy atom. The third kappa shape index (κ3) is 5.11. The minimum Gasteiger partial charge on any atom is -0.222 e. The molecule has 0 saturated carbocycles. The van der Waals surface area contributed by atoms with Gasteiger partial charge >= 0.3 is 0 Å². The summed E-state index contributed by atoms with van der Waals surface area (Å²) >= 11 is 0. The molecule has 0 N–H and O–H groups in total. The van der Waals surface area contributed by atoms with Gasteiger partial charge in [-0.15, -0.1) is 0 Å². The Morgan fingerprint density at radius 3 is 1.58 bits per heavy atom. The molecule has 0 aliphatic rings. The van der Waals surface area contributed by atoms with Crippen molar-refractivity contribution in [3.63, 3.8) is 0 Å². The first-order valence-electron chi connectivity index (χ1n) is 10.5. The summed E-state index contributed by atoms with van der Waals surface area (Å²) in [6.07, 6.45) is 1.07. The third-order valence-corrected chi connectivity index (χ3v) is 11.0. The van der Waals surface area contributed by atoms with Crippen LogP contribution in [-0.2, 0) is 19.7 Å². The largest absolute Gasteiger partial charge is 0.222 e. The molecule has 3 rings (SSSR count). The van der Waals surface area contributed by atoms with E-state index in [1.54, 1.807) is 54.6 Å². The maximum absolute atomic E-state index is 14.1. The Kier molecular flexibility index (Phi) is 7.57. The highest BCUT2D eigenvalue weighted by Gasteiger charge is 2.55. The van der Waals surface area contributed by atoms with Gasteiger partial charge in [-0.05, 0) is 50.2 Å². The summed E-state index contributed by atoms with van der Waals surface area (Å²) in [6.45, 7) is 3.62. The summed E-state index contributed by atoms with van der Waals surface area (Å²) in [5.74, 6) is 5.82. The second kappa shape index (κ2) is 10.2. The van der Waals surface area contributed by atoms with Crippen LogP contribution in [0.2, 0.25) is 0 Å². The van der Waals surface area contributed by atoms with Gasteiger partial charge in [0.2, 0.25) is 0 Å². The van der Waals surface area contributed by atoms with Crippen molar-refractivity contribution in [2.24, 2.45) is 0 Å². The van der Waals surface area contributed by atoms with E-state index in [1.165, 1.54) is 24.3 Å². The van der Waals surface area contributed by atoms with Crippen LogP contribution in [0.15, 0.2) is 112 Å². The summed E-state index contributed by atoms with van der Waals surface area (Å²) in [5, 5.41) is 0. The lowest BCUT2D eigenvalue weighted by molar-refractivity contribution is 0.538. The second-order valence-corrected chi connectivity index (χ2v) is 12.7. The summed E-state index contributed by atoms with van der Waals surface area (Å²) in [4.78, 5) is -0.0960. The first-order valence-corrected chi connectivity index (χ1v) is 13.4. The summed E-state index contributed by atoms with van der Waals surface area (Å²) in [6, 6.07) is 24.5. The molecule has 0 aromatic heterocycles. The van der Waals surface area contributed by atoms with Crippen molar-refractivity contribution in [3.8, 4) is 11.8 Å². The molecule has 4 nitrogen and oxygen atoms in total. The molecule has 0 saturated heterocycles. The van der Waals surface area contributed by atoms with Gasteiger partial charge in [-0.2, -0.15) is 0 Å². The number of hydrogen-bond donors (Lipinski definition) is 0. The van der Waals surface area contributed by atoms with Crippen molar-refractivity contribution in [2.75, 3.05) is 0 Å². The lowest BCUT2D eigenvalue weighted by atomic mass is 10.1. The number of allylic oxidation sites excluding steroid dienone is 2. The van der Waals surface area contributed by atoms with Crippen molar-refractivity contribution < 1.29 is 16.8 Å². The fourth-order valence-electron chi connectivity index (χ4n) is 3.42. The molecule has 6 heteroatoms. The van der Waals surface area contributed by atoms with E-state index in [-0.39, 0.29) is 22.6 Å². The number of sulfone groups is 2. The van der Waals surface area contributed by atoms with Gasteiger partial charge in [-0.25, -0.2) is 16.8 Å². The monoisotopic (exact) mass is 478 g/mol. The van der Waals surface area contributed by atoms with E-state index in [2.05, 4.69) is 11.8 Å². The molecule has 3 aromatic carbocycles. The van der Waals surface area contributed by atoms with E-state index >= 15 is 0 Å². The van der Waals surface area contributed by atoms with Crippen LogP contribution in [-0.4, -0.2) is 20.9 Å². The Bertz CT molecular complexity index is 1310. The zero-order chi connectivity index (χ0) is 24.0. The molecule has 0 heterocycles. The average molecular weight is 479 g/mol. The normalized spacial score (nSPS) is 11.8. The first kappa shape index (κ1) is 24.5. The molecule has 0 amide bonds. The van der Waals surface area contributed by atoms with Crippen LogP contribution < -0.4 is 0 Å². The minimum absolute atomic E-state index is 0.0480. The van der Waals surface area contributed by atoms with Crippen molar-refractivity contribution in [2.45, 2.75) is 40.6 Å². The van der Waals surface area contributed by atoms with Crippen LogP contribution in [0.4, 0.5) is 0 Å². The average Bonchev–Trinajstić information content (AvgIpc) is 2.82. The summed E-state index contributed by atoms with van der Waals surface area (Å²) < 4.78 is 54.0. The van der Waals surface area contributed by atoms with Gasteiger partial charge in [-0.3, -0.25) is 0 Å². The van der Waals surface area contributed by atoms with E-state index in [9.17, 15) is 16.8 Å².